The van der Waals surface area contributed by atoms with Crippen molar-refractivity contribution in [1.29, 1.82) is 0 Å². The fraction of sp³-hybridized carbons (Fsp3) is 0.286. The Kier molecular flexibility index (Phi) is 17.8. The quantitative estimate of drug-likeness (QED) is 0.195. The van der Waals surface area contributed by atoms with E-state index in [2.05, 4.69) is 25.4 Å². The van der Waals surface area contributed by atoms with E-state index in [1.165, 1.54) is 11.8 Å². The summed E-state index contributed by atoms with van der Waals surface area (Å²) >= 11 is 1.45. The molecule has 0 saturated carbocycles. The monoisotopic (exact) mass is 467 g/mol. The van der Waals surface area contributed by atoms with Crippen LogP contribution >= 0.6 is 11.8 Å². The second-order valence-corrected chi connectivity index (χ2v) is 8.03. The Morgan fingerprint density at radius 3 is 2.42 bits per heavy atom. The molecule has 0 aliphatic heterocycles. The summed E-state index contributed by atoms with van der Waals surface area (Å²) in [5.41, 5.74) is 3.07. The van der Waals surface area contributed by atoms with Gasteiger partial charge in [-0.1, -0.05) is 98.0 Å². The molecule has 33 heavy (non-hydrogen) atoms. The number of amides is 1. The lowest BCUT2D eigenvalue weighted by Crippen LogP contribution is -2.13. The molecule has 4 nitrogen and oxygen atoms in total. The highest BCUT2D eigenvalue weighted by atomic mass is 32.2. The molecule has 1 aromatic rings. The van der Waals surface area contributed by atoms with Crippen LogP contribution in [0.4, 0.5) is 0 Å². The number of allylic oxidation sites excluding steroid dienone is 8. The van der Waals surface area contributed by atoms with E-state index in [0.717, 1.165) is 28.0 Å². The van der Waals surface area contributed by atoms with Crippen LogP contribution in [0.15, 0.2) is 102 Å². The van der Waals surface area contributed by atoms with Gasteiger partial charge in [-0.3, -0.25) is 9.59 Å². The number of carbonyl (C=O) groups is 2. The zero-order valence-electron chi connectivity index (χ0n) is 20.3. The summed E-state index contributed by atoms with van der Waals surface area (Å²) in [5, 5.41) is 2.20. The molecule has 0 aliphatic rings. The first-order chi connectivity index (χ1) is 15.9. The maximum Gasteiger partial charge on any atom is 0.323 e. The lowest BCUT2D eigenvalue weighted by atomic mass is 10.1. The number of hydrogen-bond acceptors (Lipinski definition) is 4. The smallest absolute Gasteiger partial charge is 0.323 e. The topological polar surface area (TPSA) is 55.4 Å². The predicted octanol–water partition coefficient (Wildman–Crippen LogP) is 6.87. The van der Waals surface area contributed by atoms with Gasteiger partial charge in [0, 0.05) is 11.4 Å². The van der Waals surface area contributed by atoms with Gasteiger partial charge in [0.1, 0.15) is 5.25 Å². The van der Waals surface area contributed by atoms with Gasteiger partial charge in [0.25, 0.3) is 0 Å². The van der Waals surface area contributed by atoms with E-state index < -0.39 is 5.25 Å². The van der Waals surface area contributed by atoms with Gasteiger partial charge in [0.05, 0.1) is 6.61 Å². The molecule has 1 N–H and O–H groups in total. The lowest BCUT2D eigenvalue weighted by Gasteiger charge is -2.16. The van der Waals surface area contributed by atoms with Crippen molar-refractivity contribution < 1.29 is 14.3 Å². The first kappa shape index (κ1) is 29.9. The molecule has 178 valence electrons. The van der Waals surface area contributed by atoms with Crippen molar-refractivity contribution >= 4 is 24.1 Å². The molecule has 0 saturated heterocycles. The molecule has 0 aliphatic carbocycles. The molecule has 5 heteroatoms. The predicted molar refractivity (Wildman–Crippen MR) is 143 cm³/mol. The largest absolute Gasteiger partial charge is 0.465 e. The molecule has 0 fully saturated rings. The Bertz CT molecular complexity index is 851. The summed E-state index contributed by atoms with van der Waals surface area (Å²) < 4.78 is 5.24. The number of carbonyl (C=O) groups excluding carboxylic acids is 2. The van der Waals surface area contributed by atoms with Gasteiger partial charge in [-0.05, 0) is 38.8 Å². The average Bonchev–Trinajstić information content (AvgIpc) is 2.83. The van der Waals surface area contributed by atoms with E-state index in [0.29, 0.717) is 19.6 Å². The van der Waals surface area contributed by atoms with Gasteiger partial charge >= 0.3 is 5.97 Å². The lowest BCUT2D eigenvalue weighted by molar-refractivity contribution is -0.142. The number of thioether (sulfide) groups is 1. The third kappa shape index (κ3) is 14.6. The second-order valence-electron chi connectivity index (χ2n) is 6.85. The zero-order chi connectivity index (χ0) is 24.9. The summed E-state index contributed by atoms with van der Waals surface area (Å²) in [5.74, 6) is -0.252. The fourth-order valence-corrected chi connectivity index (χ4v) is 3.43. The summed E-state index contributed by atoms with van der Waals surface area (Å²) in [4.78, 5) is 23.7. The summed E-state index contributed by atoms with van der Waals surface area (Å²) in [6.07, 6.45) is 15.1. The van der Waals surface area contributed by atoms with Crippen LogP contribution in [0, 0.1) is 0 Å². The van der Waals surface area contributed by atoms with Crippen molar-refractivity contribution in [1.82, 2.24) is 5.32 Å². The normalized spacial score (nSPS) is 12.6. The van der Waals surface area contributed by atoms with Gasteiger partial charge in [-0.15, -0.1) is 11.8 Å². The Hall–Kier alpha value is -3.05. The molecule has 1 unspecified atom stereocenters. The van der Waals surface area contributed by atoms with E-state index in [-0.39, 0.29) is 5.97 Å². The van der Waals surface area contributed by atoms with Crippen LogP contribution in [0.3, 0.4) is 0 Å². The number of hydrogen-bond donors (Lipinski definition) is 1. The van der Waals surface area contributed by atoms with Crippen LogP contribution in [0.1, 0.15) is 44.9 Å². The minimum absolute atomic E-state index is 0.252. The molecule has 1 aromatic carbocycles. The molecule has 0 bridgehead atoms. The first-order valence-corrected chi connectivity index (χ1v) is 11.8. The van der Waals surface area contributed by atoms with Crippen LogP contribution < -0.4 is 5.32 Å². The van der Waals surface area contributed by atoms with Crippen molar-refractivity contribution in [3.8, 4) is 0 Å². The SMILES string of the molecule is C=C/C=C\C(=C)CC.C\C=C/C(=C\C=C(/C)CNC=O)SC(C(=O)OCC)c1ccccc1. The number of esters is 1. The van der Waals surface area contributed by atoms with E-state index in [1.54, 1.807) is 13.0 Å². The highest BCUT2D eigenvalue weighted by Crippen LogP contribution is 2.36. The third-order valence-corrected chi connectivity index (χ3v) is 5.35. The average molecular weight is 468 g/mol. The van der Waals surface area contributed by atoms with Crippen molar-refractivity contribution in [2.75, 3.05) is 13.2 Å². The first-order valence-electron chi connectivity index (χ1n) is 11.0. The number of benzene rings is 1. The minimum Gasteiger partial charge on any atom is -0.465 e. The van der Waals surface area contributed by atoms with Gasteiger partial charge in [-0.25, -0.2) is 0 Å². The number of ether oxygens (including phenoxy) is 1. The summed E-state index contributed by atoms with van der Waals surface area (Å²) in [6, 6.07) is 9.60. The van der Waals surface area contributed by atoms with Crippen LogP contribution in [0.25, 0.3) is 0 Å². The van der Waals surface area contributed by atoms with Crippen LogP contribution in [0.2, 0.25) is 0 Å². The summed E-state index contributed by atoms with van der Waals surface area (Å²) in [7, 11) is 0. The molecule has 0 spiro atoms. The molecule has 1 rings (SSSR count). The highest BCUT2D eigenvalue weighted by Gasteiger charge is 2.23. The number of nitrogens with one attached hydrogen (secondary N) is 1. The van der Waals surface area contributed by atoms with Crippen LogP contribution in [-0.2, 0) is 14.3 Å². The van der Waals surface area contributed by atoms with Gasteiger partial charge < -0.3 is 10.1 Å². The van der Waals surface area contributed by atoms with Gasteiger partial charge in [-0.2, -0.15) is 0 Å². The molecule has 1 amide bonds. The van der Waals surface area contributed by atoms with Crippen molar-refractivity contribution in [2.24, 2.45) is 0 Å². The molecule has 0 aromatic heterocycles. The van der Waals surface area contributed by atoms with Crippen LogP contribution in [0.5, 0.6) is 0 Å². The van der Waals surface area contributed by atoms with Crippen molar-refractivity contribution in [3.05, 3.63) is 108 Å². The molecule has 0 radical (unpaired) electrons. The van der Waals surface area contributed by atoms with Gasteiger partial charge in [0.15, 0.2) is 0 Å². The third-order valence-electron chi connectivity index (χ3n) is 4.11. The molecular weight excluding hydrogens is 430 g/mol. The standard InChI is InChI=1S/C20H25NO3S.C8H12/c1-4-9-18(13-12-16(3)14-21-15-22)25-19(20(23)24-5-2)17-10-7-6-8-11-17;1-4-6-7-8(3)5-2/h4,6-13,15,19H,5,14H2,1-3H3,(H,21,22);4,6-7H,1,3,5H2,2H3/b9-4-,16-12+,18-13+;7-6-. The zero-order valence-corrected chi connectivity index (χ0v) is 21.1. The van der Waals surface area contributed by atoms with E-state index >= 15 is 0 Å². The fourth-order valence-electron chi connectivity index (χ4n) is 2.34. The highest BCUT2D eigenvalue weighted by molar-refractivity contribution is 8.04. The maximum atomic E-state index is 12.4. The molecular formula is C28H37NO3S. The van der Waals surface area contributed by atoms with E-state index in [4.69, 9.17) is 4.74 Å². The molecule has 0 heterocycles. The van der Waals surface area contributed by atoms with Crippen molar-refractivity contribution in [3.63, 3.8) is 0 Å². The Morgan fingerprint density at radius 1 is 1.18 bits per heavy atom. The van der Waals surface area contributed by atoms with Gasteiger partial charge in [0.2, 0.25) is 6.41 Å². The minimum atomic E-state index is -0.426. The number of rotatable bonds is 13. The van der Waals surface area contributed by atoms with E-state index in [1.807, 2.05) is 80.6 Å². The second kappa shape index (κ2) is 19.6. The van der Waals surface area contributed by atoms with E-state index in [9.17, 15) is 9.59 Å². The molecule has 1 atom stereocenters. The summed E-state index contributed by atoms with van der Waals surface area (Å²) in [6.45, 7) is 15.9. The Labute approximate surface area is 203 Å². The Morgan fingerprint density at radius 2 is 1.88 bits per heavy atom. The van der Waals surface area contributed by atoms with Crippen molar-refractivity contribution in [2.45, 2.75) is 39.4 Å². The van der Waals surface area contributed by atoms with Crippen LogP contribution in [-0.4, -0.2) is 25.5 Å². The maximum absolute atomic E-state index is 12.4. The Balaban J connectivity index is 0.00000109.